The minimum absolute atomic E-state index is 0.0885. The van der Waals surface area contributed by atoms with E-state index in [9.17, 15) is 13.2 Å². The number of nitrogens with zero attached hydrogens (tertiary/aromatic N) is 1. The Bertz CT molecular complexity index is 959. The number of amides is 1. The van der Waals surface area contributed by atoms with Crippen LogP contribution in [0.3, 0.4) is 0 Å². The van der Waals surface area contributed by atoms with Gasteiger partial charge in [-0.2, -0.15) is 0 Å². The Hall–Kier alpha value is -2.94. The molecule has 0 saturated heterocycles. The number of benzene rings is 2. The number of ether oxygens (including phenoxy) is 3. The third-order valence-electron chi connectivity index (χ3n) is 4.53. The number of anilines is 1. The van der Waals surface area contributed by atoms with E-state index in [1.54, 1.807) is 25.3 Å². The molecule has 156 valence electrons. The van der Waals surface area contributed by atoms with E-state index in [1.807, 2.05) is 24.3 Å². The smallest absolute Gasteiger partial charge is 0.240 e. The molecule has 0 saturated carbocycles. The first kappa shape index (κ1) is 20.8. The Kier molecular flexibility index (Phi) is 6.48. The molecule has 2 aromatic rings. The molecule has 1 heterocycles. The van der Waals surface area contributed by atoms with E-state index in [-0.39, 0.29) is 25.0 Å². The number of carbonyl (C=O) groups excluding carboxylic acids is 1. The van der Waals surface area contributed by atoms with Crippen molar-refractivity contribution in [2.45, 2.75) is 13.3 Å². The Labute approximate surface area is 170 Å². The van der Waals surface area contributed by atoms with Crippen LogP contribution in [0.2, 0.25) is 0 Å². The van der Waals surface area contributed by atoms with Gasteiger partial charge >= 0.3 is 0 Å². The summed E-state index contributed by atoms with van der Waals surface area (Å²) in [6.07, 6.45) is 0.625. The van der Waals surface area contributed by atoms with Crippen LogP contribution in [0.4, 0.5) is 5.69 Å². The van der Waals surface area contributed by atoms with E-state index in [1.165, 1.54) is 6.92 Å². The van der Waals surface area contributed by atoms with Crippen LogP contribution in [-0.4, -0.2) is 47.1 Å². The van der Waals surface area contributed by atoms with Gasteiger partial charge in [-0.1, -0.05) is 12.1 Å². The lowest BCUT2D eigenvalue weighted by molar-refractivity contribution is -0.119. The number of methoxy groups -OCH3 is 1. The Morgan fingerprint density at radius 2 is 1.86 bits per heavy atom. The molecule has 0 aliphatic carbocycles. The topological polar surface area (TPSA) is 94.2 Å². The van der Waals surface area contributed by atoms with Crippen LogP contribution in [-0.2, 0) is 21.2 Å². The van der Waals surface area contributed by atoms with Gasteiger partial charge in [-0.3, -0.25) is 9.10 Å². The van der Waals surface area contributed by atoms with Gasteiger partial charge in [0, 0.05) is 12.6 Å². The van der Waals surface area contributed by atoms with Gasteiger partial charge in [-0.15, -0.1) is 0 Å². The van der Waals surface area contributed by atoms with Crippen molar-refractivity contribution in [1.82, 2.24) is 5.32 Å². The largest absolute Gasteiger partial charge is 0.497 e. The lowest BCUT2D eigenvalue weighted by Gasteiger charge is -2.23. The van der Waals surface area contributed by atoms with Crippen molar-refractivity contribution in [1.29, 1.82) is 0 Å². The molecule has 0 unspecified atom stereocenters. The van der Waals surface area contributed by atoms with Crippen LogP contribution in [0.5, 0.6) is 17.2 Å². The maximum absolute atomic E-state index is 12.6. The summed E-state index contributed by atoms with van der Waals surface area (Å²) in [7, 11) is -2.05. The van der Waals surface area contributed by atoms with Gasteiger partial charge in [0.25, 0.3) is 0 Å². The zero-order valence-corrected chi connectivity index (χ0v) is 17.2. The summed E-state index contributed by atoms with van der Waals surface area (Å²) in [5.74, 6) is 1.26. The number of hydrogen-bond acceptors (Lipinski definition) is 6. The molecule has 1 N–H and O–H groups in total. The fraction of sp³-hybridized carbons (Fsp3) is 0.350. The highest BCUT2D eigenvalue weighted by Crippen LogP contribution is 2.36. The first-order valence-electron chi connectivity index (χ1n) is 9.22. The second-order valence-corrected chi connectivity index (χ2v) is 8.57. The molecule has 0 fully saturated rings. The minimum atomic E-state index is -3.65. The minimum Gasteiger partial charge on any atom is -0.497 e. The quantitative estimate of drug-likeness (QED) is 0.666. The summed E-state index contributed by atoms with van der Waals surface area (Å²) in [4.78, 5) is 12.4. The Morgan fingerprint density at radius 1 is 1.14 bits per heavy atom. The second kappa shape index (κ2) is 9.04. The highest BCUT2D eigenvalue weighted by molar-refractivity contribution is 7.92. The van der Waals surface area contributed by atoms with Crippen molar-refractivity contribution in [3.05, 3.63) is 48.0 Å². The summed E-state index contributed by atoms with van der Waals surface area (Å²) in [6.45, 7) is 1.72. The van der Waals surface area contributed by atoms with Gasteiger partial charge < -0.3 is 19.5 Å². The molecule has 1 aliphatic rings. The van der Waals surface area contributed by atoms with E-state index < -0.39 is 10.0 Å². The van der Waals surface area contributed by atoms with Crippen LogP contribution in [0.25, 0.3) is 0 Å². The number of hydrogen-bond donors (Lipinski definition) is 1. The molecule has 29 heavy (non-hydrogen) atoms. The number of rotatable bonds is 9. The standard InChI is InChI=1S/C20H24N2O6S/c1-3-29(24,25)22(16-6-9-18-19(12-16)28-14-27-18)13-20(23)21-11-10-15-4-7-17(26-2)8-5-15/h4-9,12H,3,10-11,13-14H2,1-2H3,(H,21,23). The van der Waals surface area contributed by atoms with Crippen molar-refractivity contribution >= 4 is 21.6 Å². The zero-order valence-electron chi connectivity index (χ0n) is 16.4. The van der Waals surface area contributed by atoms with Gasteiger partial charge in [-0.05, 0) is 43.2 Å². The van der Waals surface area contributed by atoms with E-state index >= 15 is 0 Å². The monoisotopic (exact) mass is 420 g/mol. The SMILES string of the molecule is CCS(=O)(=O)N(CC(=O)NCCc1ccc(OC)cc1)c1ccc2c(c1)OCO2. The van der Waals surface area contributed by atoms with Gasteiger partial charge in [0.05, 0.1) is 18.6 Å². The zero-order chi connectivity index (χ0) is 20.9. The first-order valence-corrected chi connectivity index (χ1v) is 10.8. The van der Waals surface area contributed by atoms with E-state index in [0.29, 0.717) is 30.2 Å². The molecule has 0 spiro atoms. The molecule has 0 atom stereocenters. The highest BCUT2D eigenvalue weighted by Gasteiger charge is 2.25. The number of sulfonamides is 1. The summed E-state index contributed by atoms with van der Waals surface area (Å²) in [6, 6.07) is 12.4. The van der Waals surface area contributed by atoms with Crippen molar-refractivity contribution in [3.63, 3.8) is 0 Å². The van der Waals surface area contributed by atoms with Crippen LogP contribution in [0.1, 0.15) is 12.5 Å². The predicted molar refractivity (Wildman–Crippen MR) is 109 cm³/mol. The fourth-order valence-electron chi connectivity index (χ4n) is 2.87. The van der Waals surface area contributed by atoms with Crippen molar-refractivity contribution in [3.8, 4) is 17.2 Å². The molecule has 8 nitrogen and oxygen atoms in total. The van der Waals surface area contributed by atoms with Gasteiger partial charge in [-0.25, -0.2) is 8.42 Å². The van der Waals surface area contributed by atoms with Crippen LogP contribution in [0.15, 0.2) is 42.5 Å². The average Bonchev–Trinajstić information content (AvgIpc) is 3.20. The normalized spacial score (nSPS) is 12.5. The van der Waals surface area contributed by atoms with E-state index in [2.05, 4.69) is 5.32 Å². The summed E-state index contributed by atoms with van der Waals surface area (Å²) in [5.41, 5.74) is 1.40. The molecule has 0 aromatic heterocycles. The molecule has 0 bridgehead atoms. The third-order valence-corrected chi connectivity index (χ3v) is 6.27. The lowest BCUT2D eigenvalue weighted by Crippen LogP contribution is -2.42. The van der Waals surface area contributed by atoms with Crippen LogP contribution in [0, 0.1) is 0 Å². The number of nitrogens with one attached hydrogen (secondary N) is 1. The van der Waals surface area contributed by atoms with Crippen LogP contribution < -0.4 is 23.8 Å². The van der Waals surface area contributed by atoms with Gasteiger partial charge in [0.1, 0.15) is 12.3 Å². The maximum Gasteiger partial charge on any atom is 0.240 e. The summed E-state index contributed by atoms with van der Waals surface area (Å²) in [5, 5.41) is 2.78. The number of carbonyl (C=O) groups is 1. The maximum atomic E-state index is 12.6. The van der Waals surface area contributed by atoms with Gasteiger partial charge in [0.15, 0.2) is 11.5 Å². The van der Waals surface area contributed by atoms with E-state index in [4.69, 9.17) is 14.2 Å². The molecule has 1 aliphatic heterocycles. The second-order valence-electron chi connectivity index (χ2n) is 6.39. The van der Waals surface area contributed by atoms with Gasteiger partial charge in [0.2, 0.25) is 22.7 Å². The fourth-order valence-corrected chi connectivity index (χ4v) is 3.93. The molecular formula is C20H24N2O6S. The Balaban J connectivity index is 1.63. The summed E-state index contributed by atoms with van der Waals surface area (Å²) < 4.78 is 41.9. The average molecular weight is 420 g/mol. The van der Waals surface area contributed by atoms with Crippen molar-refractivity contribution in [2.75, 3.05) is 37.1 Å². The highest BCUT2D eigenvalue weighted by atomic mass is 32.2. The number of fused-ring (bicyclic) bond motifs is 1. The van der Waals surface area contributed by atoms with Crippen LogP contribution >= 0.6 is 0 Å². The lowest BCUT2D eigenvalue weighted by atomic mass is 10.1. The molecule has 1 amide bonds. The molecule has 0 radical (unpaired) electrons. The summed E-state index contributed by atoms with van der Waals surface area (Å²) >= 11 is 0. The predicted octanol–water partition coefficient (Wildman–Crippen LogP) is 1.94. The molecule has 2 aromatic carbocycles. The first-order chi connectivity index (χ1) is 13.9. The molecular weight excluding hydrogens is 396 g/mol. The van der Waals surface area contributed by atoms with Crippen molar-refractivity contribution in [2.24, 2.45) is 0 Å². The van der Waals surface area contributed by atoms with Crippen molar-refractivity contribution < 1.29 is 27.4 Å². The van der Waals surface area contributed by atoms with E-state index in [0.717, 1.165) is 15.6 Å². The third kappa shape index (κ3) is 5.11. The molecule has 3 rings (SSSR count). The molecule has 9 heteroatoms. The Morgan fingerprint density at radius 3 is 2.55 bits per heavy atom.